The SMILES string of the molecule is C=C(CCC=O)CCCCCCCCCCCCCCCCC(=O)O.CC=O.CCC(=O)NCCOCCOCC(N)=O.CCCOCCNC.NO. The number of carboxylic acid groups (broad SMARTS) is 1. The highest BCUT2D eigenvalue weighted by atomic mass is 16.5. The fraction of sp³-hybridized carbons (Fsp3) is 0.821. The Bertz CT molecular complexity index is 783. The summed E-state index contributed by atoms with van der Waals surface area (Å²) >= 11 is 0. The zero-order valence-corrected chi connectivity index (χ0v) is 34.0. The smallest absolute Gasteiger partial charge is 0.303 e. The van der Waals surface area contributed by atoms with Crippen molar-refractivity contribution in [1.82, 2.24) is 10.6 Å². The van der Waals surface area contributed by atoms with Crippen LogP contribution in [-0.4, -0.2) is 100 Å². The maximum Gasteiger partial charge on any atom is 0.303 e. The van der Waals surface area contributed by atoms with Gasteiger partial charge in [0, 0.05) is 39.0 Å². The van der Waals surface area contributed by atoms with Crippen LogP contribution in [0.3, 0.4) is 0 Å². The van der Waals surface area contributed by atoms with E-state index in [0.717, 1.165) is 64.4 Å². The van der Waals surface area contributed by atoms with E-state index in [4.69, 9.17) is 35.1 Å². The molecule has 0 aromatic rings. The Morgan fingerprint density at radius 1 is 0.679 bits per heavy atom. The summed E-state index contributed by atoms with van der Waals surface area (Å²) in [5.74, 6) is 2.34. The van der Waals surface area contributed by atoms with Crippen LogP contribution in [0.4, 0.5) is 0 Å². The third kappa shape index (κ3) is 75.2. The van der Waals surface area contributed by atoms with Crippen molar-refractivity contribution in [2.75, 3.05) is 59.8 Å². The van der Waals surface area contributed by atoms with Gasteiger partial charge in [-0.25, -0.2) is 5.90 Å². The first kappa shape index (κ1) is 59.5. The standard InChI is InChI=1S/C22H40O3.C9H18N2O4.C6H15NO.C2H4O.H3NO/c1-21(18-16-20-23)17-14-12-10-8-6-4-2-3-5-7-9-11-13-15-19-22(24)25;1-2-9(13)11-3-4-14-5-6-15-7-8(10)12;1-3-5-8-6-4-7-2;1-2-3;1-2/h20H,1-19H2,(H,24,25);2-7H2,1H3,(H2,10,12)(H,11,13);7H,3-6H2,1-2H3;2H,1H3;2H,1H2. The number of amides is 2. The third-order valence-electron chi connectivity index (χ3n) is 7.14. The van der Waals surface area contributed by atoms with Gasteiger partial charge in [0.1, 0.15) is 19.2 Å². The molecule has 0 spiro atoms. The van der Waals surface area contributed by atoms with Crippen molar-refractivity contribution in [2.24, 2.45) is 11.6 Å². The number of aliphatic carboxylic acids is 1. The minimum atomic E-state index is -0.667. The monoisotopic (exact) mass is 765 g/mol. The molecule has 8 N–H and O–H groups in total. The Hall–Kier alpha value is -2.75. The van der Waals surface area contributed by atoms with Gasteiger partial charge in [0.25, 0.3) is 0 Å². The minimum Gasteiger partial charge on any atom is -0.481 e. The van der Waals surface area contributed by atoms with Crippen LogP contribution >= 0.6 is 0 Å². The second kappa shape index (κ2) is 58.6. The molecule has 0 unspecified atom stereocenters. The van der Waals surface area contributed by atoms with E-state index in [-0.39, 0.29) is 12.5 Å². The molecule has 0 bridgehead atoms. The number of allylic oxidation sites excluding steroid dienone is 1. The summed E-state index contributed by atoms with van der Waals surface area (Å²) in [5, 5.41) is 20.7. The fourth-order valence-electron chi connectivity index (χ4n) is 4.36. The van der Waals surface area contributed by atoms with Crippen molar-refractivity contribution in [1.29, 1.82) is 0 Å². The Morgan fingerprint density at radius 3 is 1.53 bits per heavy atom. The molecular formula is C39H80N4O10. The lowest BCUT2D eigenvalue weighted by atomic mass is 10.0. The number of aldehydes is 2. The van der Waals surface area contributed by atoms with E-state index >= 15 is 0 Å². The lowest BCUT2D eigenvalue weighted by Gasteiger charge is -2.05. The van der Waals surface area contributed by atoms with Crippen molar-refractivity contribution in [3.63, 3.8) is 0 Å². The van der Waals surface area contributed by atoms with Crippen LogP contribution in [0.2, 0.25) is 0 Å². The molecule has 0 fully saturated rings. The molecule has 0 radical (unpaired) electrons. The fourth-order valence-corrected chi connectivity index (χ4v) is 4.36. The van der Waals surface area contributed by atoms with Gasteiger partial charge >= 0.3 is 5.97 Å². The largest absolute Gasteiger partial charge is 0.481 e. The number of nitrogens with one attached hydrogen (secondary N) is 2. The molecule has 14 heteroatoms. The van der Waals surface area contributed by atoms with Crippen LogP contribution in [0.25, 0.3) is 0 Å². The van der Waals surface area contributed by atoms with Crippen LogP contribution < -0.4 is 22.3 Å². The predicted octanol–water partition coefficient (Wildman–Crippen LogP) is 6.05. The Kier molecular flexibility index (Phi) is 65.8. The number of carbonyl (C=O) groups excluding carboxylic acids is 4. The number of primary amides is 1. The lowest BCUT2D eigenvalue weighted by Crippen LogP contribution is -2.27. The number of rotatable bonds is 34. The minimum absolute atomic E-state index is 0.00331. The van der Waals surface area contributed by atoms with Crippen LogP contribution in [0.5, 0.6) is 0 Å². The predicted molar refractivity (Wildman–Crippen MR) is 213 cm³/mol. The number of nitrogens with two attached hydrogens (primary N) is 2. The maximum absolute atomic E-state index is 10.8. The Balaban J connectivity index is -0.000000231. The van der Waals surface area contributed by atoms with Gasteiger partial charge in [-0.05, 0) is 46.1 Å². The van der Waals surface area contributed by atoms with Crippen LogP contribution in [-0.2, 0) is 38.2 Å². The quantitative estimate of drug-likeness (QED) is 0.0190. The van der Waals surface area contributed by atoms with Crippen LogP contribution in [0.1, 0.15) is 149 Å². The van der Waals surface area contributed by atoms with Gasteiger partial charge in [0.15, 0.2) is 0 Å². The molecule has 2 amide bonds. The molecule has 0 saturated carbocycles. The topological polar surface area (TPSA) is 230 Å². The summed E-state index contributed by atoms with van der Waals surface area (Å²) in [6, 6.07) is 0. The van der Waals surface area contributed by atoms with Gasteiger partial charge in [-0.1, -0.05) is 103 Å². The number of carboxylic acids is 1. The summed E-state index contributed by atoms with van der Waals surface area (Å²) in [5.41, 5.74) is 6.08. The number of carbonyl (C=O) groups is 5. The highest BCUT2D eigenvalue weighted by Gasteiger charge is 1.99. The molecule has 0 atom stereocenters. The average Bonchev–Trinajstić information content (AvgIpc) is 3.14. The van der Waals surface area contributed by atoms with Crippen molar-refractivity contribution < 1.29 is 48.5 Å². The molecule has 0 aromatic heterocycles. The molecule has 14 nitrogen and oxygen atoms in total. The van der Waals surface area contributed by atoms with Gasteiger partial charge < -0.3 is 50.5 Å². The number of likely N-dealkylation sites (N-methyl/N-ethyl adjacent to an activating group) is 1. The summed E-state index contributed by atoms with van der Waals surface area (Å²) < 4.78 is 15.1. The third-order valence-corrected chi connectivity index (χ3v) is 7.14. The van der Waals surface area contributed by atoms with Crippen molar-refractivity contribution in [3.05, 3.63) is 12.2 Å². The molecule has 0 aliphatic rings. The first-order valence-corrected chi connectivity index (χ1v) is 19.6. The van der Waals surface area contributed by atoms with Crippen LogP contribution in [0, 0.1) is 0 Å². The van der Waals surface area contributed by atoms with E-state index in [2.05, 4.69) is 30.0 Å². The summed E-state index contributed by atoms with van der Waals surface area (Å²) in [6.45, 7) is 13.6. The zero-order chi connectivity index (χ0) is 41.1. The Morgan fingerprint density at radius 2 is 1.11 bits per heavy atom. The lowest BCUT2D eigenvalue weighted by molar-refractivity contribution is -0.137. The molecule has 0 rings (SSSR count). The van der Waals surface area contributed by atoms with E-state index in [1.54, 1.807) is 6.92 Å². The normalized spacial score (nSPS) is 9.70. The Labute approximate surface area is 321 Å². The van der Waals surface area contributed by atoms with Crippen molar-refractivity contribution in [2.45, 2.75) is 149 Å². The summed E-state index contributed by atoms with van der Waals surface area (Å²) in [6.07, 6.45) is 23.9. The van der Waals surface area contributed by atoms with E-state index in [1.807, 2.05) is 7.05 Å². The van der Waals surface area contributed by atoms with Crippen molar-refractivity contribution in [3.8, 4) is 0 Å². The molecular weight excluding hydrogens is 684 g/mol. The van der Waals surface area contributed by atoms with Gasteiger partial charge in [-0.3, -0.25) is 14.4 Å². The molecule has 0 aliphatic carbocycles. The molecule has 0 heterocycles. The maximum atomic E-state index is 10.8. The van der Waals surface area contributed by atoms with E-state index in [0.29, 0.717) is 45.6 Å². The summed E-state index contributed by atoms with van der Waals surface area (Å²) in [7, 11) is 1.93. The highest BCUT2D eigenvalue weighted by molar-refractivity contribution is 5.75. The van der Waals surface area contributed by atoms with Crippen molar-refractivity contribution >= 4 is 30.4 Å². The molecule has 0 saturated heterocycles. The van der Waals surface area contributed by atoms with Gasteiger partial charge in [0.05, 0.1) is 26.4 Å². The second-order valence-electron chi connectivity index (χ2n) is 12.1. The molecule has 53 heavy (non-hydrogen) atoms. The average molecular weight is 765 g/mol. The molecule has 0 aromatic carbocycles. The van der Waals surface area contributed by atoms with Crippen LogP contribution in [0.15, 0.2) is 12.2 Å². The van der Waals surface area contributed by atoms with Gasteiger partial charge in [-0.15, -0.1) is 0 Å². The second-order valence-corrected chi connectivity index (χ2v) is 12.1. The van der Waals surface area contributed by atoms with Gasteiger partial charge in [0.2, 0.25) is 11.8 Å². The number of hydrogen-bond acceptors (Lipinski definition) is 11. The van der Waals surface area contributed by atoms with E-state index in [1.165, 1.54) is 89.5 Å². The van der Waals surface area contributed by atoms with E-state index in [9.17, 15) is 19.2 Å². The number of hydrogen-bond donors (Lipinski definition) is 6. The van der Waals surface area contributed by atoms with Gasteiger partial charge in [-0.2, -0.15) is 0 Å². The number of ether oxygens (including phenoxy) is 3. The molecule has 0 aliphatic heterocycles. The first-order valence-electron chi connectivity index (χ1n) is 19.6. The summed E-state index contributed by atoms with van der Waals surface area (Å²) in [4.78, 5) is 50.5. The zero-order valence-electron chi connectivity index (χ0n) is 34.0. The first-order chi connectivity index (χ1) is 25.7. The molecule has 316 valence electrons. The van der Waals surface area contributed by atoms with E-state index < -0.39 is 11.9 Å². The highest BCUT2D eigenvalue weighted by Crippen LogP contribution is 2.16. The number of unbranched alkanes of at least 4 members (excludes halogenated alkanes) is 13.